The van der Waals surface area contributed by atoms with Crippen molar-refractivity contribution < 1.29 is 17.9 Å². The van der Waals surface area contributed by atoms with Gasteiger partial charge in [0.1, 0.15) is 11.0 Å². The lowest BCUT2D eigenvalue weighted by atomic mass is 10.3. The third kappa shape index (κ3) is 4.98. The molecule has 1 aliphatic rings. The van der Waals surface area contributed by atoms with Crippen LogP contribution in [0, 0.1) is 0 Å². The molecule has 0 aliphatic carbocycles. The van der Waals surface area contributed by atoms with E-state index in [4.69, 9.17) is 16.3 Å². The van der Waals surface area contributed by atoms with E-state index in [2.05, 4.69) is 20.2 Å². The first-order chi connectivity index (χ1) is 9.84. The molecular weight excluding hydrogens is 309 g/mol. The van der Waals surface area contributed by atoms with Gasteiger partial charge in [-0.1, -0.05) is 11.6 Å². The van der Waals surface area contributed by atoms with Crippen molar-refractivity contribution >= 4 is 17.4 Å². The van der Waals surface area contributed by atoms with E-state index >= 15 is 0 Å². The maximum Gasteiger partial charge on any atom is 0.451 e. The fraction of sp³-hybridized carbons (Fsp3) is 0.667. The van der Waals surface area contributed by atoms with Crippen LogP contribution in [0.3, 0.4) is 0 Å². The highest BCUT2D eigenvalue weighted by Gasteiger charge is 2.35. The number of halogens is 4. The number of ether oxygens (including phenoxy) is 1. The summed E-state index contributed by atoms with van der Waals surface area (Å²) in [5.41, 5.74) is 0. The van der Waals surface area contributed by atoms with Crippen molar-refractivity contribution in [2.24, 2.45) is 0 Å². The van der Waals surface area contributed by atoms with Gasteiger partial charge in [-0.25, -0.2) is 9.97 Å². The number of rotatable bonds is 4. The third-order valence-electron chi connectivity index (χ3n) is 2.98. The topological polar surface area (TPSA) is 50.3 Å². The number of aromatic nitrogens is 2. The second-order valence-electron chi connectivity index (χ2n) is 4.86. The van der Waals surface area contributed by atoms with Gasteiger partial charge < -0.3 is 10.1 Å². The molecule has 0 saturated carbocycles. The molecule has 1 fully saturated rings. The molecule has 118 valence electrons. The smallest absolute Gasteiger partial charge is 0.379 e. The number of nitrogens with one attached hydrogen (secondary N) is 1. The molecular formula is C12H16ClF3N4O. The predicted octanol–water partition coefficient (Wildman–Crippen LogP) is 2.28. The van der Waals surface area contributed by atoms with Crippen LogP contribution >= 0.6 is 11.6 Å². The Labute approximate surface area is 125 Å². The summed E-state index contributed by atoms with van der Waals surface area (Å²) >= 11 is 5.61. The van der Waals surface area contributed by atoms with Gasteiger partial charge in [-0.05, 0) is 6.92 Å². The van der Waals surface area contributed by atoms with Crippen LogP contribution in [-0.2, 0) is 10.9 Å². The third-order valence-corrected chi connectivity index (χ3v) is 3.17. The summed E-state index contributed by atoms with van der Waals surface area (Å²) in [5.74, 6) is -1.17. The number of anilines is 1. The van der Waals surface area contributed by atoms with Crippen molar-refractivity contribution in [2.75, 3.05) is 38.2 Å². The summed E-state index contributed by atoms with van der Waals surface area (Å²) in [6.07, 6.45) is -4.62. The minimum absolute atomic E-state index is 0.0723. The predicted molar refractivity (Wildman–Crippen MR) is 72.4 cm³/mol. The van der Waals surface area contributed by atoms with Crippen LogP contribution in [0.2, 0.25) is 5.15 Å². The first-order valence-corrected chi connectivity index (χ1v) is 6.91. The molecule has 0 bridgehead atoms. The van der Waals surface area contributed by atoms with E-state index in [9.17, 15) is 13.2 Å². The maximum atomic E-state index is 12.6. The molecule has 5 nitrogen and oxygen atoms in total. The molecule has 0 spiro atoms. The van der Waals surface area contributed by atoms with E-state index in [0.717, 1.165) is 13.1 Å². The molecule has 1 atom stereocenters. The Morgan fingerprint density at radius 2 is 2.05 bits per heavy atom. The first-order valence-electron chi connectivity index (χ1n) is 6.53. The lowest BCUT2D eigenvalue weighted by molar-refractivity contribution is -0.144. The molecule has 2 heterocycles. The Hall–Kier alpha value is -1.12. The molecule has 1 aliphatic heterocycles. The molecule has 1 unspecified atom stereocenters. The van der Waals surface area contributed by atoms with Crippen LogP contribution in [-0.4, -0.2) is 53.8 Å². The summed E-state index contributed by atoms with van der Waals surface area (Å²) in [6.45, 7) is 5.52. The highest BCUT2D eigenvalue weighted by atomic mass is 35.5. The molecule has 9 heteroatoms. The van der Waals surface area contributed by atoms with Gasteiger partial charge in [0.2, 0.25) is 5.82 Å². The van der Waals surface area contributed by atoms with Gasteiger partial charge in [-0.2, -0.15) is 13.2 Å². The van der Waals surface area contributed by atoms with Gasteiger partial charge in [-0.15, -0.1) is 0 Å². The highest BCUT2D eigenvalue weighted by Crippen LogP contribution is 2.28. The quantitative estimate of drug-likeness (QED) is 0.861. The van der Waals surface area contributed by atoms with Gasteiger partial charge in [0.15, 0.2) is 0 Å². The highest BCUT2D eigenvalue weighted by molar-refractivity contribution is 6.29. The zero-order chi connectivity index (χ0) is 15.5. The lowest BCUT2D eigenvalue weighted by Gasteiger charge is -2.29. The van der Waals surface area contributed by atoms with E-state index in [0.29, 0.717) is 19.8 Å². The van der Waals surface area contributed by atoms with Crippen molar-refractivity contribution in [3.05, 3.63) is 17.0 Å². The molecule has 21 heavy (non-hydrogen) atoms. The Morgan fingerprint density at radius 3 is 2.67 bits per heavy atom. The van der Waals surface area contributed by atoms with Crippen molar-refractivity contribution in [3.8, 4) is 0 Å². The van der Waals surface area contributed by atoms with E-state index in [1.54, 1.807) is 0 Å². The van der Waals surface area contributed by atoms with Crippen molar-refractivity contribution in [1.29, 1.82) is 0 Å². The molecule has 0 aromatic carbocycles. The van der Waals surface area contributed by atoms with E-state index in [1.165, 1.54) is 6.07 Å². The minimum atomic E-state index is -4.62. The van der Waals surface area contributed by atoms with Crippen molar-refractivity contribution in [1.82, 2.24) is 14.9 Å². The van der Waals surface area contributed by atoms with Crippen LogP contribution in [0.25, 0.3) is 0 Å². The van der Waals surface area contributed by atoms with Crippen LogP contribution in [0.4, 0.5) is 19.0 Å². The monoisotopic (exact) mass is 324 g/mol. The Bertz CT molecular complexity index is 480. The standard InChI is InChI=1S/C12H16ClF3N4O/c1-8(7-20-2-4-21-5-3-20)17-10-6-9(13)18-11(19-10)12(14,15)16/h6,8H,2-5,7H2,1H3,(H,17,18,19). The van der Waals surface area contributed by atoms with E-state index in [-0.39, 0.29) is 17.0 Å². The summed E-state index contributed by atoms with van der Waals surface area (Å²) in [7, 11) is 0. The van der Waals surface area contributed by atoms with E-state index in [1.807, 2.05) is 6.92 Å². The van der Waals surface area contributed by atoms with Crippen LogP contribution < -0.4 is 5.32 Å². The molecule has 2 rings (SSSR count). The Balaban J connectivity index is 1.99. The van der Waals surface area contributed by atoms with Crippen molar-refractivity contribution in [3.63, 3.8) is 0 Å². The second kappa shape index (κ2) is 6.76. The molecule has 1 saturated heterocycles. The van der Waals surface area contributed by atoms with E-state index < -0.39 is 12.0 Å². The molecule has 1 aromatic rings. The second-order valence-corrected chi connectivity index (χ2v) is 5.24. The summed E-state index contributed by atoms with van der Waals surface area (Å²) in [5, 5.41) is 2.69. The lowest BCUT2D eigenvalue weighted by Crippen LogP contribution is -2.42. The van der Waals surface area contributed by atoms with Gasteiger partial charge in [0.25, 0.3) is 0 Å². The Morgan fingerprint density at radius 1 is 1.38 bits per heavy atom. The summed E-state index contributed by atoms with van der Waals surface area (Å²) in [6, 6.07) is 1.21. The fourth-order valence-electron chi connectivity index (χ4n) is 2.09. The van der Waals surface area contributed by atoms with Gasteiger partial charge >= 0.3 is 6.18 Å². The van der Waals surface area contributed by atoms with Crippen molar-refractivity contribution in [2.45, 2.75) is 19.1 Å². The summed E-state index contributed by atoms with van der Waals surface area (Å²) < 4.78 is 43.1. The SMILES string of the molecule is CC(CN1CCOCC1)Nc1cc(Cl)nc(C(F)(F)F)n1. The van der Waals surface area contributed by atoms with Crippen LogP contribution in [0.15, 0.2) is 6.07 Å². The molecule has 0 amide bonds. The number of alkyl halides is 3. The largest absolute Gasteiger partial charge is 0.451 e. The van der Waals surface area contributed by atoms with Gasteiger partial charge in [0, 0.05) is 31.7 Å². The van der Waals surface area contributed by atoms with Gasteiger partial charge in [0.05, 0.1) is 13.2 Å². The molecule has 1 aromatic heterocycles. The number of hydrogen-bond acceptors (Lipinski definition) is 5. The zero-order valence-corrected chi connectivity index (χ0v) is 12.2. The normalized spacial score (nSPS) is 18.5. The van der Waals surface area contributed by atoms with Crippen LogP contribution in [0.5, 0.6) is 0 Å². The van der Waals surface area contributed by atoms with Gasteiger partial charge in [-0.3, -0.25) is 4.90 Å². The molecule has 1 N–H and O–H groups in total. The number of nitrogens with zero attached hydrogens (tertiary/aromatic N) is 3. The minimum Gasteiger partial charge on any atom is -0.379 e. The maximum absolute atomic E-state index is 12.6. The Kier molecular flexibility index (Phi) is 5.23. The zero-order valence-electron chi connectivity index (χ0n) is 11.5. The summed E-state index contributed by atoms with van der Waals surface area (Å²) in [4.78, 5) is 8.83. The number of morpholine rings is 1. The van der Waals surface area contributed by atoms with Crippen LogP contribution in [0.1, 0.15) is 12.7 Å². The molecule has 0 radical (unpaired) electrons. The average molecular weight is 325 g/mol. The average Bonchev–Trinajstić information content (AvgIpc) is 2.37. The number of hydrogen-bond donors (Lipinski definition) is 1. The first kappa shape index (κ1) is 16.3. The fourth-order valence-corrected chi connectivity index (χ4v) is 2.27.